The smallest absolute Gasteiger partial charge is 0.220 e. The summed E-state index contributed by atoms with van der Waals surface area (Å²) < 4.78 is 15.4. The number of nitrogens with two attached hydrogens (primary N) is 2. The minimum Gasteiger partial charge on any atom is -0.386 e. The first-order chi connectivity index (χ1) is 11.0. The second-order valence-electron chi connectivity index (χ2n) is 5.85. The molecule has 5 N–H and O–H groups in total. The van der Waals surface area contributed by atoms with Gasteiger partial charge in [-0.15, -0.1) is 0 Å². The van der Waals surface area contributed by atoms with Crippen LogP contribution in [-0.2, 0) is 0 Å². The van der Waals surface area contributed by atoms with Crippen molar-refractivity contribution in [3.05, 3.63) is 22.4 Å². The monoisotopic (exact) mass is 382 g/mol. The maximum Gasteiger partial charge on any atom is 0.220 e. The molecule has 0 aromatic heterocycles. The zero-order valence-corrected chi connectivity index (χ0v) is 14.5. The van der Waals surface area contributed by atoms with E-state index >= 15 is 0 Å². The van der Waals surface area contributed by atoms with Crippen molar-refractivity contribution in [2.75, 3.05) is 17.3 Å². The number of nitrogens with zero attached hydrogens (tertiary/aromatic N) is 3. The third-order valence-corrected chi connectivity index (χ3v) is 4.83. The van der Waals surface area contributed by atoms with Gasteiger partial charge in [0.15, 0.2) is 0 Å². The molecule has 124 valence electrons. The fraction of sp³-hybridized carbons (Fsp3) is 0.467. The summed E-state index contributed by atoms with van der Waals surface area (Å²) in [6, 6.07) is 3.23. The van der Waals surface area contributed by atoms with Crippen molar-refractivity contribution in [1.29, 1.82) is 0 Å². The topological polar surface area (TPSA) is 92.0 Å². The summed E-state index contributed by atoms with van der Waals surface area (Å²) in [5, 5.41) is 3.03. The molecule has 0 atom stereocenters. The van der Waals surface area contributed by atoms with Crippen LogP contribution in [0.4, 0.5) is 15.8 Å². The van der Waals surface area contributed by atoms with E-state index in [1.54, 1.807) is 11.9 Å². The molecular formula is C15H20BrFN6. The van der Waals surface area contributed by atoms with Crippen LogP contribution < -0.4 is 21.7 Å². The SMILES string of the molecule is CNc1cc(Br)cc(F)c1N1C(N)=NC(N)=NC12CCCCC2. The van der Waals surface area contributed by atoms with Crippen molar-refractivity contribution in [2.24, 2.45) is 21.5 Å². The molecule has 1 aromatic carbocycles. The van der Waals surface area contributed by atoms with E-state index in [9.17, 15) is 4.39 Å². The first-order valence-electron chi connectivity index (χ1n) is 7.63. The molecule has 0 saturated heterocycles. The van der Waals surface area contributed by atoms with Crippen LogP contribution in [0.25, 0.3) is 0 Å². The van der Waals surface area contributed by atoms with Gasteiger partial charge < -0.3 is 16.8 Å². The molecule has 0 amide bonds. The van der Waals surface area contributed by atoms with Crippen LogP contribution in [0.1, 0.15) is 32.1 Å². The zero-order valence-electron chi connectivity index (χ0n) is 12.9. The molecule has 6 nitrogen and oxygen atoms in total. The van der Waals surface area contributed by atoms with Gasteiger partial charge in [0.05, 0.1) is 5.69 Å². The summed E-state index contributed by atoms with van der Waals surface area (Å²) in [6.45, 7) is 0. The molecule has 1 aromatic rings. The van der Waals surface area contributed by atoms with Gasteiger partial charge in [-0.2, -0.15) is 4.99 Å². The van der Waals surface area contributed by atoms with Crippen molar-refractivity contribution in [3.8, 4) is 0 Å². The van der Waals surface area contributed by atoms with E-state index in [-0.39, 0.29) is 17.7 Å². The molecule has 1 saturated carbocycles. The Morgan fingerprint density at radius 2 is 1.96 bits per heavy atom. The molecule has 1 spiro atoms. The Hall–Kier alpha value is -1.83. The molecule has 2 aliphatic rings. The largest absolute Gasteiger partial charge is 0.386 e. The van der Waals surface area contributed by atoms with Crippen LogP contribution >= 0.6 is 15.9 Å². The number of halogens is 2. The highest BCUT2D eigenvalue weighted by Gasteiger charge is 2.44. The van der Waals surface area contributed by atoms with Gasteiger partial charge in [-0.1, -0.05) is 22.4 Å². The molecule has 23 heavy (non-hydrogen) atoms. The fourth-order valence-electron chi connectivity index (χ4n) is 3.43. The van der Waals surface area contributed by atoms with Crippen molar-refractivity contribution >= 4 is 39.2 Å². The molecule has 1 heterocycles. The van der Waals surface area contributed by atoms with Crippen LogP contribution in [0.2, 0.25) is 0 Å². The lowest BCUT2D eigenvalue weighted by molar-refractivity contribution is 0.304. The average Bonchev–Trinajstić information content (AvgIpc) is 2.49. The van der Waals surface area contributed by atoms with Crippen LogP contribution in [-0.4, -0.2) is 24.6 Å². The predicted molar refractivity (Wildman–Crippen MR) is 95.2 cm³/mol. The van der Waals surface area contributed by atoms with Gasteiger partial charge in [0, 0.05) is 11.5 Å². The van der Waals surface area contributed by atoms with Crippen molar-refractivity contribution in [3.63, 3.8) is 0 Å². The second-order valence-corrected chi connectivity index (χ2v) is 6.77. The van der Waals surface area contributed by atoms with E-state index < -0.39 is 5.66 Å². The van der Waals surface area contributed by atoms with Gasteiger partial charge in [-0.05, 0) is 37.8 Å². The first-order valence-corrected chi connectivity index (χ1v) is 8.43. The first kappa shape index (κ1) is 16.0. The van der Waals surface area contributed by atoms with Gasteiger partial charge in [0.1, 0.15) is 17.2 Å². The van der Waals surface area contributed by atoms with E-state index in [1.165, 1.54) is 6.07 Å². The van der Waals surface area contributed by atoms with E-state index in [2.05, 4.69) is 31.2 Å². The van der Waals surface area contributed by atoms with Crippen LogP contribution in [0, 0.1) is 5.82 Å². The maximum atomic E-state index is 14.8. The maximum absolute atomic E-state index is 14.8. The Morgan fingerprint density at radius 1 is 1.26 bits per heavy atom. The highest BCUT2D eigenvalue weighted by atomic mass is 79.9. The van der Waals surface area contributed by atoms with Gasteiger partial charge in [-0.3, -0.25) is 4.90 Å². The number of nitrogens with one attached hydrogen (secondary N) is 1. The normalized spacial score (nSPS) is 20.2. The quantitative estimate of drug-likeness (QED) is 0.732. The number of hydrogen-bond acceptors (Lipinski definition) is 6. The lowest BCUT2D eigenvalue weighted by atomic mass is 9.87. The van der Waals surface area contributed by atoms with Crippen molar-refractivity contribution < 1.29 is 4.39 Å². The van der Waals surface area contributed by atoms with Crippen LogP contribution in [0.5, 0.6) is 0 Å². The summed E-state index contributed by atoms with van der Waals surface area (Å²) in [5.41, 5.74) is 12.3. The predicted octanol–water partition coefficient (Wildman–Crippen LogP) is 2.74. The molecule has 0 bridgehead atoms. The lowest BCUT2D eigenvalue weighted by Crippen LogP contribution is -2.58. The fourth-order valence-corrected chi connectivity index (χ4v) is 3.86. The molecule has 3 rings (SSSR count). The molecule has 1 aliphatic carbocycles. The van der Waals surface area contributed by atoms with Gasteiger partial charge in [0.25, 0.3) is 0 Å². The Bertz CT molecular complexity index is 681. The molecular weight excluding hydrogens is 363 g/mol. The molecule has 1 aliphatic heterocycles. The van der Waals surface area contributed by atoms with Crippen LogP contribution in [0.3, 0.4) is 0 Å². The molecule has 1 fully saturated rings. The highest BCUT2D eigenvalue weighted by Crippen LogP contribution is 2.43. The summed E-state index contributed by atoms with van der Waals surface area (Å²) in [6.07, 6.45) is 4.65. The minimum atomic E-state index is -0.658. The van der Waals surface area contributed by atoms with Gasteiger partial charge >= 0.3 is 0 Å². The Morgan fingerprint density at radius 3 is 2.61 bits per heavy atom. The number of hydrogen-bond donors (Lipinski definition) is 3. The summed E-state index contributed by atoms with van der Waals surface area (Å²) >= 11 is 3.32. The number of guanidine groups is 2. The van der Waals surface area contributed by atoms with E-state index in [4.69, 9.17) is 11.5 Å². The second kappa shape index (κ2) is 5.99. The number of anilines is 2. The summed E-state index contributed by atoms with van der Waals surface area (Å²) in [5.74, 6) is -0.0520. The van der Waals surface area contributed by atoms with Crippen molar-refractivity contribution in [2.45, 2.75) is 37.8 Å². The van der Waals surface area contributed by atoms with E-state index in [1.807, 2.05) is 6.07 Å². The van der Waals surface area contributed by atoms with E-state index in [0.29, 0.717) is 15.8 Å². The molecule has 8 heteroatoms. The number of benzene rings is 1. The third kappa shape index (κ3) is 2.75. The zero-order chi connectivity index (χ0) is 16.6. The van der Waals surface area contributed by atoms with Gasteiger partial charge in [0.2, 0.25) is 11.9 Å². The molecule has 0 radical (unpaired) electrons. The Balaban J connectivity index is 2.18. The minimum absolute atomic E-state index is 0.157. The number of rotatable bonds is 2. The third-order valence-electron chi connectivity index (χ3n) is 4.37. The average molecular weight is 383 g/mol. The molecule has 0 unspecified atom stereocenters. The summed E-state index contributed by atoms with van der Waals surface area (Å²) in [4.78, 5) is 10.3. The van der Waals surface area contributed by atoms with Crippen LogP contribution in [0.15, 0.2) is 26.6 Å². The van der Waals surface area contributed by atoms with Crippen molar-refractivity contribution in [1.82, 2.24) is 0 Å². The Kier molecular flexibility index (Phi) is 4.18. The van der Waals surface area contributed by atoms with Gasteiger partial charge in [-0.25, -0.2) is 9.38 Å². The number of aliphatic imine (C=N–C) groups is 2. The van der Waals surface area contributed by atoms with E-state index in [0.717, 1.165) is 32.1 Å². The highest BCUT2D eigenvalue weighted by molar-refractivity contribution is 9.10. The summed E-state index contributed by atoms with van der Waals surface area (Å²) in [7, 11) is 1.74. The lowest BCUT2D eigenvalue weighted by Gasteiger charge is -2.46. The Labute approximate surface area is 143 Å². The standard InChI is InChI=1S/C15H20BrFN6/c1-20-11-8-9(16)7-10(17)12(11)23-14(19)21-13(18)22-15(23)5-3-2-4-6-15/h7-8,20H,2-6H2,1H3,(H4,18,19,21,22).